The molecule has 0 amide bonds. The van der Waals surface area contributed by atoms with Crippen LogP contribution in [0.4, 0.5) is 0 Å². The molecule has 6 nitrogen and oxygen atoms in total. The van der Waals surface area contributed by atoms with Gasteiger partial charge in [-0.1, -0.05) is 0 Å². The maximum atomic E-state index is 12.3. The summed E-state index contributed by atoms with van der Waals surface area (Å²) in [4.78, 5) is 6.97. The molecule has 0 aliphatic carbocycles. The molecule has 0 bridgehead atoms. The highest BCUT2D eigenvalue weighted by molar-refractivity contribution is 7.89. The topological polar surface area (TPSA) is 92.1 Å². The average Bonchev–Trinajstić information content (AvgIpc) is 2.89. The van der Waals surface area contributed by atoms with Crippen molar-refractivity contribution in [1.29, 1.82) is 0 Å². The first-order valence-corrected chi connectivity index (χ1v) is 7.20. The first-order chi connectivity index (χ1) is 9.04. The molecule has 19 heavy (non-hydrogen) atoms. The number of nitrogens with one attached hydrogen (secondary N) is 1. The zero-order chi connectivity index (χ0) is 13.9. The van der Waals surface area contributed by atoms with Crippen LogP contribution >= 0.6 is 0 Å². The molecule has 0 unspecified atom stereocenters. The summed E-state index contributed by atoms with van der Waals surface area (Å²) in [5, 5.41) is 0. The summed E-state index contributed by atoms with van der Waals surface area (Å²) in [6, 6.07) is 5.13. The molecule has 0 aliphatic heterocycles. The maximum Gasteiger partial charge on any atom is 0.244 e. The van der Waals surface area contributed by atoms with Gasteiger partial charge in [0.2, 0.25) is 10.0 Å². The molecule has 0 aromatic carbocycles. The van der Waals surface area contributed by atoms with Crippen LogP contribution in [0, 0.1) is 0 Å². The summed E-state index contributed by atoms with van der Waals surface area (Å²) in [6.45, 7) is 0.581. The number of hydrogen-bond donors (Lipinski definition) is 2. The highest BCUT2D eigenvalue weighted by atomic mass is 32.2. The van der Waals surface area contributed by atoms with E-state index in [-0.39, 0.29) is 11.4 Å². The lowest BCUT2D eigenvalue weighted by Crippen LogP contribution is -2.26. The quantitative estimate of drug-likeness (QED) is 0.842. The molecule has 102 valence electrons. The minimum Gasteiger partial charge on any atom is -0.363 e. The average molecular weight is 280 g/mol. The Kier molecular flexibility index (Phi) is 3.98. The maximum absolute atomic E-state index is 12.3. The fourth-order valence-corrected chi connectivity index (χ4v) is 2.87. The fourth-order valence-electron chi connectivity index (χ4n) is 1.70. The van der Waals surface area contributed by atoms with Crippen molar-refractivity contribution in [2.75, 3.05) is 7.05 Å². The molecular weight excluding hydrogens is 264 g/mol. The number of nitrogens with zero attached hydrogens (tertiary/aromatic N) is 2. The lowest BCUT2D eigenvalue weighted by atomic mass is 10.3. The third-order valence-electron chi connectivity index (χ3n) is 2.80. The Morgan fingerprint density at radius 3 is 2.63 bits per heavy atom. The van der Waals surface area contributed by atoms with Crippen LogP contribution < -0.4 is 5.73 Å². The van der Waals surface area contributed by atoms with Gasteiger partial charge in [0, 0.05) is 44.4 Å². The van der Waals surface area contributed by atoms with Crippen molar-refractivity contribution in [2.45, 2.75) is 18.0 Å². The van der Waals surface area contributed by atoms with Crippen molar-refractivity contribution in [1.82, 2.24) is 14.3 Å². The monoisotopic (exact) mass is 280 g/mol. The van der Waals surface area contributed by atoms with Crippen LogP contribution in [0.25, 0.3) is 0 Å². The van der Waals surface area contributed by atoms with Crippen molar-refractivity contribution in [3.8, 4) is 0 Å². The summed E-state index contributed by atoms with van der Waals surface area (Å²) in [6.07, 6.45) is 4.73. The fraction of sp³-hybridized carbons (Fsp3) is 0.250. The molecule has 0 radical (unpaired) electrons. The predicted molar refractivity (Wildman–Crippen MR) is 71.6 cm³/mol. The van der Waals surface area contributed by atoms with Gasteiger partial charge in [-0.3, -0.25) is 4.98 Å². The summed E-state index contributed by atoms with van der Waals surface area (Å²) >= 11 is 0. The van der Waals surface area contributed by atoms with E-state index >= 15 is 0 Å². The largest absolute Gasteiger partial charge is 0.363 e. The lowest BCUT2D eigenvalue weighted by Gasteiger charge is -2.16. The van der Waals surface area contributed by atoms with E-state index in [4.69, 9.17) is 5.73 Å². The second-order valence-corrected chi connectivity index (χ2v) is 6.23. The number of aromatic amines is 1. The summed E-state index contributed by atoms with van der Waals surface area (Å²) in [7, 11) is -1.95. The Balaban J connectivity index is 2.19. The molecule has 0 atom stereocenters. The van der Waals surface area contributed by atoms with E-state index in [1.54, 1.807) is 37.6 Å². The first-order valence-electron chi connectivity index (χ1n) is 5.76. The second kappa shape index (κ2) is 5.52. The minimum absolute atomic E-state index is 0.226. The molecule has 0 aliphatic rings. The molecule has 0 spiro atoms. The van der Waals surface area contributed by atoms with Crippen LogP contribution in [0.5, 0.6) is 0 Å². The molecule has 2 aromatic heterocycles. The van der Waals surface area contributed by atoms with Gasteiger partial charge in [-0.25, -0.2) is 8.42 Å². The van der Waals surface area contributed by atoms with Gasteiger partial charge in [0.1, 0.15) is 0 Å². The molecule has 2 rings (SSSR count). The standard InChI is InChI=1S/C12H16N4O2S/c1-16(9-10-2-4-14-5-3-10)19(17,18)12-6-11(7-13)15-8-12/h2-6,8,15H,7,9,13H2,1H3. The molecule has 0 fully saturated rings. The van der Waals surface area contributed by atoms with Gasteiger partial charge >= 0.3 is 0 Å². The van der Waals surface area contributed by atoms with Crippen molar-refractivity contribution in [2.24, 2.45) is 5.73 Å². The Morgan fingerprint density at radius 1 is 1.37 bits per heavy atom. The number of pyridine rings is 1. The Labute approximate surface area is 112 Å². The molecular formula is C12H16N4O2S. The Bertz CT molecular complexity index is 637. The zero-order valence-electron chi connectivity index (χ0n) is 10.6. The van der Waals surface area contributed by atoms with E-state index in [1.165, 1.54) is 10.5 Å². The van der Waals surface area contributed by atoms with Gasteiger partial charge in [0.15, 0.2) is 0 Å². The van der Waals surface area contributed by atoms with Crippen LogP contribution in [0.3, 0.4) is 0 Å². The summed E-state index contributed by atoms with van der Waals surface area (Å²) in [5.41, 5.74) is 7.03. The van der Waals surface area contributed by atoms with Gasteiger partial charge < -0.3 is 10.7 Å². The molecule has 0 saturated carbocycles. The summed E-state index contributed by atoms with van der Waals surface area (Å²) < 4.78 is 25.9. The van der Waals surface area contributed by atoms with Crippen molar-refractivity contribution >= 4 is 10.0 Å². The van der Waals surface area contributed by atoms with Crippen molar-refractivity contribution in [3.05, 3.63) is 48.0 Å². The second-order valence-electron chi connectivity index (χ2n) is 4.18. The lowest BCUT2D eigenvalue weighted by molar-refractivity contribution is 0.466. The van der Waals surface area contributed by atoms with E-state index in [2.05, 4.69) is 9.97 Å². The highest BCUT2D eigenvalue weighted by Gasteiger charge is 2.22. The number of hydrogen-bond acceptors (Lipinski definition) is 4. The van der Waals surface area contributed by atoms with Gasteiger partial charge in [0.05, 0.1) is 4.90 Å². The van der Waals surface area contributed by atoms with Crippen LogP contribution in [-0.2, 0) is 23.1 Å². The smallest absolute Gasteiger partial charge is 0.244 e. The zero-order valence-corrected chi connectivity index (χ0v) is 11.4. The van der Waals surface area contributed by atoms with E-state index in [0.29, 0.717) is 12.2 Å². The normalized spacial score (nSPS) is 11.9. The third kappa shape index (κ3) is 3.01. The first kappa shape index (κ1) is 13.7. The van der Waals surface area contributed by atoms with Crippen molar-refractivity contribution in [3.63, 3.8) is 0 Å². The molecule has 3 N–H and O–H groups in total. The minimum atomic E-state index is -3.50. The van der Waals surface area contributed by atoms with E-state index in [1.807, 2.05) is 0 Å². The van der Waals surface area contributed by atoms with Crippen LogP contribution in [0.15, 0.2) is 41.7 Å². The van der Waals surface area contributed by atoms with E-state index in [9.17, 15) is 8.42 Å². The molecule has 7 heteroatoms. The Hall–Kier alpha value is -1.70. The van der Waals surface area contributed by atoms with Crippen LogP contribution in [-0.4, -0.2) is 29.7 Å². The molecule has 2 heterocycles. The predicted octanol–water partition coefficient (Wildman–Crippen LogP) is 0.689. The van der Waals surface area contributed by atoms with Crippen LogP contribution in [0.2, 0.25) is 0 Å². The number of aromatic nitrogens is 2. The van der Waals surface area contributed by atoms with Crippen LogP contribution in [0.1, 0.15) is 11.3 Å². The van der Waals surface area contributed by atoms with Gasteiger partial charge in [-0.05, 0) is 23.8 Å². The van der Waals surface area contributed by atoms with E-state index in [0.717, 1.165) is 5.56 Å². The van der Waals surface area contributed by atoms with Crippen molar-refractivity contribution < 1.29 is 8.42 Å². The highest BCUT2D eigenvalue weighted by Crippen LogP contribution is 2.17. The number of rotatable bonds is 5. The SMILES string of the molecule is CN(Cc1ccncc1)S(=O)(=O)c1c[nH]c(CN)c1. The number of H-pyrrole nitrogens is 1. The number of sulfonamides is 1. The van der Waals surface area contributed by atoms with Gasteiger partial charge in [0.25, 0.3) is 0 Å². The third-order valence-corrected chi connectivity index (χ3v) is 4.58. The molecule has 2 aromatic rings. The van der Waals surface area contributed by atoms with Gasteiger partial charge in [-0.15, -0.1) is 0 Å². The number of nitrogens with two attached hydrogens (primary N) is 1. The summed E-state index contributed by atoms with van der Waals surface area (Å²) in [5.74, 6) is 0. The van der Waals surface area contributed by atoms with E-state index < -0.39 is 10.0 Å². The molecule has 0 saturated heterocycles. The van der Waals surface area contributed by atoms with Gasteiger partial charge in [-0.2, -0.15) is 4.31 Å². The Morgan fingerprint density at radius 2 is 2.05 bits per heavy atom.